The maximum atomic E-state index is 11.6. The fourth-order valence-corrected chi connectivity index (χ4v) is 1.82. The van der Waals surface area contributed by atoms with Gasteiger partial charge in [0.15, 0.2) is 5.54 Å². The molecule has 0 bridgehead atoms. The Morgan fingerprint density at radius 1 is 1.22 bits per heavy atom. The normalized spacial score (nSPS) is 13.8. The molecule has 0 saturated carbocycles. The molecule has 4 heteroatoms. The molecule has 0 fully saturated rings. The molecule has 1 N–H and O–H groups in total. The van der Waals surface area contributed by atoms with Gasteiger partial charge in [-0.15, -0.1) is 0 Å². The number of aliphatic carboxylic acids is 1. The van der Waals surface area contributed by atoms with Gasteiger partial charge in [-0.2, -0.15) is 0 Å². The molecule has 1 atom stereocenters. The van der Waals surface area contributed by atoms with Crippen molar-refractivity contribution >= 4 is 11.9 Å². The highest BCUT2D eigenvalue weighted by molar-refractivity contribution is 5.86. The van der Waals surface area contributed by atoms with Crippen LogP contribution < -0.4 is 0 Å². The van der Waals surface area contributed by atoms with Gasteiger partial charge in [-0.1, -0.05) is 18.2 Å². The first-order valence-electron chi connectivity index (χ1n) is 5.76. The highest BCUT2D eigenvalue weighted by atomic mass is 16.4. The van der Waals surface area contributed by atoms with Gasteiger partial charge < -0.3 is 10.0 Å². The maximum absolute atomic E-state index is 11.6. The summed E-state index contributed by atoms with van der Waals surface area (Å²) in [5.41, 5.74) is 1.37. The number of amides is 1. The van der Waals surface area contributed by atoms with Crippen LogP contribution >= 0.6 is 0 Å². The first kappa shape index (κ1) is 14.2. The molecule has 0 saturated heterocycles. The van der Waals surface area contributed by atoms with Crippen LogP contribution in [0.1, 0.15) is 30.5 Å². The number of carboxylic acids is 1. The Morgan fingerprint density at radius 2 is 1.78 bits per heavy atom. The van der Waals surface area contributed by atoms with Crippen LogP contribution in [0.5, 0.6) is 0 Å². The fourth-order valence-electron chi connectivity index (χ4n) is 1.82. The molecule has 98 valence electrons. The molecule has 0 aliphatic heterocycles. The lowest BCUT2D eigenvalue weighted by Crippen LogP contribution is -2.49. The summed E-state index contributed by atoms with van der Waals surface area (Å²) in [5, 5.41) is 9.47. The van der Waals surface area contributed by atoms with Crippen LogP contribution in [0.3, 0.4) is 0 Å². The number of hydrogen-bond donors (Lipinski definition) is 1. The SMILES string of the molecule is CC(=O)N(C)C(C)(C(=O)O)c1ccc(C)c(C)c1. The van der Waals surface area contributed by atoms with Gasteiger partial charge in [0.1, 0.15) is 0 Å². The van der Waals surface area contributed by atoms with E-state index in [1.54, 1.807) is 13.0 Å². The van der Waals surface area contributed by atoms with Crippen LogP contribution in [-0.4, -0.2) is 28.9 Å². The molecule has 1 rings (SSSR count). The minimum absolute atomic E-state index is 0.280. The summed E-state index contributed by atoms with van der Waals surface area (Å²) in [6.45, 7) is 6.80. The molecule has 0 aliphatic rings. The number of carboxylic acid groups (broad SMARTS) is 1. The lowest BCUT2D eigenvalue weighted by Gasteiger charge is -2.35. The van der Waals surface area contributed by atoms with Crippen molar-refractivity contribution in [2.75, 3.05) is 7.05 Å². The van der Waals surface area contributed by atoms with Crippen molar-refractivity contribution in [2.24, 2.45) is 0 Å². The molecule has 4 nitrogen and oxygen atoms in total. The van der Waals surface area contributed by atoms with E-state index in [0.29, 0.717) is 5.56 Å². The van der Waals surface area contributed by atoms with Crippen LogP contribution in [0.25, 0.3) is 0 Å². The zero-order valence-corrected chi connectivity index (χ0v) is 11.4. The van der Waals surface area contributed by atoms with Gasteiger partial charge >= 0.3 is 5.97 Å². The van der Waals surface area contributed by atoms with Gasteiger partial charge in [0.2, 0.25) is 5.91 Å². The summed E-state index contributed by atoms with van der Waals surface area (Å²) >= 11 is 0. The number of carbonyl (C=O) groups is 2. The summed E-state index contributed by atoms with van der Waals surface area (Å²) < 4.78 is 0. The average molecular weight is 249 g/mol. The van der Waals surface area contributed by atoms with Crippen molar-refractivity contribution in [3.05, 3.63) is 34.9 Å². The van der Waals surface area contributed by atoms with Gasteiger partial charge in [0.05, 0.1) is 0 Å². The van der Waals surface area contributed by atoms with Crippen molar-refractivity contribution in [3.63, 3.8) is 0 Å². The number of likely N-dealkylation sites (N-methyl/N-ethyl adjacent to an activating group) is 1. The van der Waals surface area contributed by atoms with Crippen LogP contribution in [0.4, 0.5) is 0 Å². The van der Waals surface area contributed by atoms with Crippen LogP contribution in [0, 0.1) is 13.8 Å². The van der Waals surface area contributed by atoms with Crippen molar-refractivity contribution in [3.8, 4) is 0 Å². The Balaban J connectivity index is 3.40. The van der Waals surface area contributed by atoms with E-state index in [-0.39, 0.29) is 5.91 Å². The number of carbonyl (C=O) groups excluding carboxylic acids is 1. The zero-order chi connectivity index (χ0) is 14.1. The third kappa shape index (κ3) is 2.23. The van der Waals surface area contributed by atoms with E-state index in [4.69, 9.17) is 0 Å². The molecule has 1 aromatic carbocycles. The molecule has 1 unspecified atom stereocenters. The maximum Gasteiger partial charge on any atom is 0.334 e. The smallest absolute Gasteiger partial charge is 0.334 e. The number of benzene rings is 1. The number of hydrogen-bond acceptors (Lipinski definition) is 2. The Hall–Kier alpha value is -1.84. The summed E-state index contributed by atoms with van der Waals surface area (Å²) in [4.78, 5) is 24.3. The molecular formula is C14H19NO3. The number of nitrogens with zero attached hydrogens (tertiary/aromatic N) is 1. The van der Waals surface area contributed by atoms with Crippen molar-refractivity contribution in [2.45, 2.75) is 33.2 Å². The largest absolute Gasteiger partial charge is 0.479 e. The van der Waals surface area contributed by atoms with Crippen molar-refractivity contribution < 1.29 is 14.7 Å². The van der Waals surface area contributed by atoms with E-state index < -0.39 is 11.5 Å². The Labute approximate surface area is 107 Å². The van der Waals surface area contributed by atoms with Gasteiger partial charge in [-0.3, -0.25) is 4.79 Å². The molecule has 1 aromatic rings. The monoisotopic (exact) mass is 249 g/mol. The fraction of sp³-hybridized carbons (Fsp3) is 0.429. The number of rotatable bonds is 3. The van der Waals surface area contributed by atoms with E-state index in [9.17, 15) is 14.7 Å². The Kier molecular flexibility index (Phi) is 3.79. The van der Waals surface area contributed by atoms with Crippen molar-refractivity contribution in [1.29, 1.82) is 0 Å². The lowest BCUT2D eigenvalue weighted by atomic mass is 9.88. The third-order valence-corrected chi connectivity index (χ3v) is 3.63. The molecule has 0 spiro atoms. The summed E-state index contributed by atoms with van der Waals surface area (Å²) in [7, 11) is 1.51. The van der Waals surface area contributed by atoms with Crippen molar-refractivity contribution in [1.82, 2.24) is 4.90 Å². The number of aryl methyl sites for hydroxylation is 2. The van der Waals surface area contributed by atoms with E-state index in [1.165, 1.54) is 18.9 Å². The first-order chi connectivity index (χ1) is 8.21. The molecule has 18 heavy (non-hydrogen) atoms. The Bertz CT molecular complexity index is 496. The van der Waals surface area contributed by atoms with Gasteiger partial charge in [-0.05, 0) is 37.5 Å². The van der Waals surface area contributed by atoms with Crippen LogP contribution in [-0.2, 0) is 15.1 Å². The summed E-state index contributed by atoms with van der Waals surface area (Å²) in [6.07, 6.45) is 0. The molecule has 0 heterocycles. The highest BCUT2D eigenvalue weighted by Crippen LogP contribution is 2.29. The van der Waals surface area contributed by atoms with Crippen LogP contribution in [0.2, 0.25) is 0 Å². The molecule has 0 aromatic heterocycles. The average Bonchev–Trinajstić information content (AvgIpc) is 2.30. The molecule has 1 amide bonds. The second kappa shape index (κ2) is 4.80. The van der Waals surface area contributed by atoms with Crippen LogP contribution in [0.15, 0.2) is 18.2 Å². The standard InChI is InChI=1S/C14H19NO3/c1-9-6-7-12(8-10(9)2)14(4,13(17)18)15(5)11(3)16/h6-8H,1-5H3,(H,17,18). The minimum Gasteiger partial charge on any atom is -0.479 e. The summed E-state index contributed by atoms with van der Waals surface area (Å²) in [5.74, 6) is -1.32. The lowest BCUT2D eigenvalue weighted by molar-refractivity contribution is -0.156. The highest BCUT2D eigenvalue weighted by Gasteiger charge is 2.41. The van der Waals surface area contributed by atoms with E-state index >= 15 is 0 Å². The van der Waals surface area contributed by atoms with Gasteiger partial charge in [0, 0.05) is 14.0 Å². The predicted octanol–water partition coefficient (Wildman–Crippen LogP) is 2.08. The second-order valence-electron chi connectivity index (χ2n) is 4.75. The second-order valence-corrected chi connectivity index (χ2v) is 4.75. The van der Waals surface area contributed by atoms with E-state index in [0.717, 1.165) is 11.1 Å². The van der Waals surface area contributed by atoms with E-state index in [2.05, 4.69) is 0 Å². The minimum atomic E-state index is -1.34. The topological polar surface area (TPSA) is 57.6 Å². The Morgan fingerprint density at radius 3 is 2.17 bits per heavy atom. The van der Waals surface area contributed by atoms with Gasteiger partial charge in [0.25, 0.3) is 0 Å². The molecule has 0 radical (unpaired) electrons. The zero-order valence-electron chi connectivity index (χ0n) is 11.4. The first-order valence-corrected chi connectivity index (χ1v) is 5.76. The molecular weight excluding hydrogens is 230 g/mol. The quantitative estimate of drug-likeness (QED) is 0.892. The van der Waals surface area contributed by atoms with Gasteiger partial charge in [-0.25, -0.2) is 4.79 Å². The van der Waals surface area contributed by atoms with E-state index in [1.807, 2.05) is 26.0 Å². The summed E-state index contributed by atoms with van der Waals surface area (Å²) in [6, 6.07) is 5.46. The predicted molar refractivity (Wildman–Crippen MR) is 69.3 cm³/mol. The third-order valence-electron chi connectivity index (χ3n) is 3.63. The molecule has 0 aliphatic carbocycles.